The molecule has 1 aliphatic rings. The second-order valence-corrected chi connectivity index (χ2v) is 5.29. The summed E-state index contributed by atoms with van der Waals surface area (Å²) in [5, 5.41) is 0. The van der Waals surface area contributed by atoms with Crippen LogP contribution >= 0.6 is 0 Å². The number of allylic oxidation sites excluding steroid dienone is 2. The predicted octanol–water partition coefficient (Wildman–Crippen LogP) is 3.88. The van der Waals surface area contributed by atoms with E-state index in [2.05, 4.69) is 19.1 Å². The van der Waals surface area contributed by atoms with E-state index < -0.39 is 0 Å². The van der Waals surface area contributed by atoms with Crippen LogP contribution in [0.15, 0.2) is 42.5 Å². The van der Waals surface area contributed by atoms with Gasteiger partial charge in [0.2, 0.25) is 0 Å². The van der Waals surface area contributed by atoms with Crippen molar-refractivity contribution in [2.24, 2.45) is 11.8 Å². The third-order valence-electron chi connectivity index (χ3n) is 3.82. The van der Waals surface area contributed by atoms with Gasteiger partial charge in [0.15, 0.2) is 5.78 Å². The van der Waals surface area contributed by atoms with E-state index in [1.165, 1.54) is 0 Å². The molecule has 102 valence electrons. The van der Waals surface area contributed by atoms with Crippen LogP contribution in [0.25, 0.3) is 0 Å². The summed E-state index contributed by atoms with van der Waals surface area (Å²) in [5.74, 6) is 1.46. The number of rotatable bonds is 6. The summed E-state index contributed by atoms with van der Waals surface area (Å²) >= 11 is 0. The Balaban J connectivity index is 1.67. The Morgan fingerprint density at radius 3 is 2.68 bits per heavy atom. The van der Waals surface area contributed by atoms with E-state index >= 15 is 0 Å². The summed E-state index contributed by atoms with van der Waals surface area (Å²) in [6, 6.07) is 9.42. The van der Waals surface area contributed by atoms with Crippen molar-refractivity contribution in [2.45, 2.75) is 26.2 Å². The normalized spacial score (nSPS) is 22.4. The molecule has 0 bridgehead atoms. The van der Waals surface area contributed by atoms with Crippen LogP contribution in [-0.4, -0.2) is 19.0 Å². The molecular formula is C17H22O2. The monoisotopic (exact) mass is 258 g/mol. The highest BCUT2D eigenvalue weighted by Crippen LogP contribution is 2.25. The summed E-state index contributed by atoms with van der Waals surface area (Å²) in [4.78, 5) is 11.9. The number of carbonyl (C=O) groups excluding carboxylic acids is 1. The molecule has 0 amide bonds. The van der Waals surface area contributed by atoms with E-state index in [1.807, 2.05) is 30.3 Å². The minimum absolute atomic E-state index is 0.164. The third-order valence-corrected chi connectivity index (χ3v) is 3.82. The molecule has 0 N–H and O–H groups in total. The van der Waals surface area contributed by atoms with Crippen molar-refractivity contribution in [1.29, 1.82) is 0 Å². The Morgan fingerprint density at radius 1 is 1.21 bits per heavy atom. The van der Waals surface area contributed by atoms with Crippen LogP contribution in [0.2, 0.25) is 0 Å². The standard InChI is InChI=1S/C17H22O2/c1-14-7-5-6-10-16(14)13-19-12-11-17(18)15-8-3-2-4-9-15/h2-6,8-9,14,16H,7,10-13H2,1H3. The Morgan fingerprint density at radius 2 is 1.95 bits per heavy atom. The molecule has 2 nitrogen and oxygen atoms in total. The van der Waals surface area contributed by atoms with Gasteiger partial charge in [-0.2, -0.15) is 0 Å². The average Bonchev–Trinajstić information content (AvgIpc) is 2.46. The SMILES string of the molecule is CC1CC=CCC1COCCC(=O)c1ccccc1. The zero-order valence-electron chi connectivity index (χ0n) is 11.5. The van der Waals surface area contributed by atoms with Gasteiger partial charge in [0.25, 0.3) is 0 Å². The van der Waals surface area contributed by atoms with E-state index in [-0.39, 0.29) is 5.78 Å². The van der Waals surface area contributed by atoms with Crippen LogP contribution in [0.1, 0.15) is 36.5 Å². The van der Waals surface area contributed by atoms with Crippen LogP contribution in [0.5, 0.6) is 0 Å². The van der Waals surface area contributed by atoms with E-state index in [9.17, 15) is 4.79 Å². The van der Waals surface area contributed by atoms with E-state index in [1.54, 1.807) is 0 Å². The molecule has 0 radical (unpaired) electrons. The molecule has 0 aliphatic heterocycles. The van der Waals surface area contributed by atoms with Crippen molar-refractivity contribution in [3.8, 4) is 0 Å². The largest absolute Gasteiger partial charge is 0.381 e. The van der Waals surface area contributed by atoms with Crippen molar-refractivity contribution >= 4 is 5.78 Å². The van der Waals surface area contributed by atoms with Crippen LogP contribution in [-0.2, 0) is 4.74 Å². The van der Waals surface area contributed by atoms with Crippen molar-refractivity contribution < 1.29 is 9.53 Å². The van der Waals surface area contributed by atoms with Crippen molar-refractivity contribution in [3.05, 3.63) is 48.0 Å². The van der Waals surface area contributed by atoms with Gasteiger partial charge in [-0.25, -0.2) is 0 Å². The highest BCUT2D eigenvalue weighted by atomic mass is 16.5. The van der Waals surface area contributed by atoms with Gasteiger partial charge < -0.3 is 4.74 Å². The van der Waals surface area contributed by atoms with E-state index in [0.29, 0.717) is 24.9 Å². The molecule has 2 heteroatoms. The Hall–Kier alpha value is -1.41. The second kappa shape index (κ2) is 7.25. The van der Waals surface area contributed by atoms with Crippen LogP contribution < -0.4 is 0 Å². The van der Waals surface area contributed by atoms with Gasteiger partial charge in [0, 0.05) is 18.6 Å². The minimum atomic E-state index is 0.164. The molecule has 19 heavy (non-hydrogen) atoms. The Bertz CT molecular complexity index is 422. The highest BCUT2D eigenvalue weighted by molar-refractivity contribution is 5.96. The van der Waals surface area contributed by atoms with Gasteiger partial charge in [0.1, 0.15) is 0 Å². The summed E-state index contributed by atoms with van der Waals surface area (Å²) in [6.07, 6.45) is 7.22. The third kappa shape index (κ3) is 4.32. The van der Waals surface area contributed by atoms with E-state index in [0.717, 1.165) is 25.0 Å². The smallest absolute Gasteiger partial charge is 0.165 e. The topological polar surface area (TPSA) is 26.3 Å². The maximum Gasteiger partial charge on any atom is 0.165 e. The van der Waals surface area contributed by atoms with Crippen molar-refractivity contribution in [1.82, 2.24) is 0 Å². The van der Waals surface area contributed by atoms with Gasteiger partial charge in [-0.1, -0.05) is 49.4 Å². The molecule has 2 unspecified atom stereocenters. The first kappa shape index (κ1) is 14.0. The lowest BCUT2D eigenvalue weighted by Crippen LogP contribution is -2.20. The maximum absolute atomic E-state index is 11.9. The Labute approximate surface area is 115 Å². The molecular weight excluding hydrogens is 236 g/mol. The number of carbonyl (C=O) groups is 1. The number of hydrogen-bond acceptors (Lipinski definition) is 2. The first-order chi connectivity index (χ1) is 9.27. The lowest BCUT2D eigenvalue weighted by atomic mass is 9.85. The number of ether oxygens (including phenoxy) is 1. The molecule has 2 rings (SSSR count). The van der Waals surface area contributed by atoms with Gasteiger partial charge in [0.05, 0.1) is 6.61 Å². The van der Waals surface area contributed by atoms with Crippen molar-refractivity contribution in [3.63, 3.8) is 0 Å². The molecule has 0 saturated carbocycles. The first-order valence-corrected chi connectivity index (χ1v) is 7.08. The number of hydrogen-bond donors (Lipinski definition) is 0. The second-order valence-electron chi connectivity index (χ2n) is 5.29. The molecule has 1 aliphatic carbocycles. The zero-order valence-corrected chi connectivity index (χ0v) is 11.5. The number of ketones is 1. The van der Waals surface area contributed by atoms with Gasteiger partial charge >= 0.3 is 0 Å². The van der Waals surface area contributed by atoms with Gasteiger partial charge in [-0.3, -0.25) is 4.79 Å². The van der Waals surface area contributed by atoms with Crippen LogP contribution in [0.3, 0.4) is 0 Å². The molecule has 2 atom stereocenters. The van der Waals surface area contributed by atoms with Gasteiger partial charge in [-0.05, 0) is 24.7 Å². The zero-order chi connectivity index (χ0) is 13.5. The fourth-order valence-electron chi connectivity index (χ4n) is 2.41. The molecule has 1 aromatic carbocycles. The summed E-state index contributed by atoms with van der Waals surface area (Å²) in [7, 11) is 0. The average molecular weight is 258 g/mol. The quantitative estimate of drug-likeness (QED) is 0.440. The maximum atomic E-state index is 11.9. The lowest BCUT2D eigenvalue weighted by molar-refractivity contribution is 0.0690. The highest BCUT2D eigenvalue weighted by Gasteiger charge is 2.18. The first-order valence-electron chi connectivity index (χ1n) is 7.08. The predicted molar refractivity (Wildman–Crippen MR) is 77.2 cm³/mol. The molecule has 0 aromatic heterocycles. The van der Waals surface area contributed by atoms with Gasteiger partial charge in [-0.15, -0.1) is 0 Å². The summed E-state index contributed by atoms with van der Waals surface area (Å²) < 4.78 is 5.68. The van der Waals surface area contributed by atoms with E-state index in [4.69, 9.17) is 4.74 Å². The van der Waals surface area contributed by atoms with Crippen molar-refractivity contribution in [2.75, 3.05) is 13.2 Å². The fourth-order valence-corrected chi connectivity index (χ4v) is 2.41. The number of benzene rings is 1. The lowest BCUT2D eigenvalue weighted by Gasteiger charge is -2.24. The molecule has 0 spiro atoms. The summed E-state index contributed by atoms with van der Waals surface area (Å²) in [5.41, 5.74) is 0.778. The Kier molecular flexibility index (Phi) is 5.34. The van der Waals surface area contributed by atoms with Crippen LogP contribution in [0.4, 0.5) is 0 Å². The molecule has 0 fully saturated rings. The minimum Gasteiger partial charge on any atom is -0.381 e. The molecule has 0 saturated heterocycles. The van der Waals surface area contributed by atoms with Crippen LogP contribution in [0, 0.1) is 11.8 Å². The molecule has 0 heterocycles. The number of Topliss-reactive ketones (excluding diaryl/α,β-unsaturated/α-hetero) is 1. The molecule has 1 aromatic rings. The fraction of sp³-hybridized carbons (Fsp3) is 0.471. The summed E-state index contributed by atoms with van der Waals surface area (Å²) in [6.45, 7) is 3.57.